The standard InChI is InChI=1S/C48H34N2.H/c1-3-12-35(13-4-1)37-22-28-41(29-23-37)49(42-30-24-38(25-31-42)36-14-5-2-6-15-36)43-32-26-39(27-33-43)40-16-11-17-44(34-40)50-47-20-9-7-18-45(47)46-19-8-10-21-48(46)50;/h1-34H;/q;-1. The number of hydrogen-bond acceptors (Lipinski definition) is 1. The molecule has 0 N–H and O–H groups in total. The lowest BCUT2D eigenvalue weighted by Crippen LogP contribution is -2.09. The summed E-state index contributed by atoms with van der Waals surface area (Å²) in [5.74, 6) is 0. The molecule has 1 heterocycles. The van der Waals surface area contributed by atoms with E-state index in [0.717, 1.165) is 22.7 Å². The highest BCUT2D eigenvalue weighted by atomic mass is 15.1. The third kappa shape index (κ3) is 5.43. The van der Waals surface area contributed by atoms with Crippen molar-refractivity contribution in [2.45, 2.75) is 0 Å². The van der Waals surface area contributed by atoms with Crippen molar-refractivity contribution in [1.29, 1.82) is 0 Å². The molecule has 9 aromatic rings. The van der Waals surface area contributed by atoms with Crippen molar-refractivity contribution in [2.24, 2.45) is 0 Å². The van der Waals surface area contributed by atoms with Crippen molar-refractivity contribution in [2.75, 3.05) is 4.90 Å². The van der Waals surface area contributed by atoms with E-state index in [0.29, 0.717) is 0 Å². The molecular formula is C48H35N2-. The number of anilines is 3. The van der Waals surface area contributed by atoms with Crippen LogP contribution in [0.1, 0.15) is 1.43 Å². The summed E-state index contributed by atoms with van der Waals surface area (Å²) in [6.45, 7) is 0. The van der Waals surface area contributed by atoms with E-state index >= 15 is 0 Å². The fourth-order valence-corrected chi connectivity index (χ4v) is 7.14. The SMILES string of the molecule is [H-].c1ccc(-c2ccc(N(c3ccc(-c4ccccc4)cc3)c3ccc(-c4cccc(-n5c6ccccc6c6ccccc65)c4)cc3)cc2)cc1. The third-order valence-electron chi connectivity index (χ3n) is 9.61. The maximum Gasteiger partial charge on any atom is 0.0541 e. The van der Waals surface area contributed by atoms with Gasteiger partial charge >= 0.3 is 0 Å². The molecule has 0 bridgehead atoms. The first-order valence-corrected chi connectivity index (χ1v) is 17.1. The van der Waals surface area contributed by atoms with Crippen LogP contribution in [-0.2, 0) is 0 Å². The Hall–Kier alpha value is -6.64. The molecular weight excluding hydrogens is 605 g/mol. The molecule has 0 atom stereocenters. The molecule has 0 aliphatic carbocycles. The quantitative estimate of drug-likeness (QED) is 0.168. The smallest absolute Gasteiger partial charge is 0.0541 e. The van der Waals surface area contributed by atoms with Crippen LogP contribution in [0.4, 0.5) is 17.1 Å². The van der Waals surface area contributed by atoms with Gasteiger partial charge in [-0.3, -0.25) is 0 Å². The number of hydrogen-bond donors (Lipinski definition) is 0. The van der Waals surface area contributed by atoms with E-state index in [9.17, 15) is 0 Å². The lowest BCUT2D eigenvalue weighted by molar-refractivity contribution is 1.18. The summed E-state index contributed by atoms with van der Waals surface area (Å²) in [6, 6.07) is 74.0. The highest BCUT2D eigenvalue weighted by Crippen LogP contribution is 2.38. The molecule has 0 fully saturated rings. The van der Waals surface area contributed by atoms with E-state index in [-0.39, 0.29) is 1.43 Å². The minimum Gasteiger partial charge on any atom is -1.00 e. The molecule has 0 spiro atoms. The van der Waals surface area contributed by atoms with Crippen LogP contribution in [0.5, 0.6) is 0 Å². The lowest BCUT2D eigenvalue weighted by Gasteiger charge is -2.26. The zero-order chi connectivity index (χ0) is 33.3. The lowest BCUT2D eigenvalue weighted by atomic mass is 10.0. The molecule has 0 unspecified atom stereocenters. The molecule has 238 valence electrons. The van der Waals surface area contributed by atoms with Crippen LogP contribution < -0.4 is 4.90 Å². The minimum atomic E-state index is 0. The number of fused-ring (bicyclic) bond motifs is 3. The average Bonchev–Trinajstić information content (AvgIpc) is 3.54. The summed E-state index contributed by atoms with van der Waals surface area (Å²) < 4.78 is 2.38. The summed E-state index contributed by atoms with van der Waals surface area (Å²) in [5.41, 5.74) is 14.1. The highest BCUT2D eigenvalue weighted by Gasteiger charge is 2.15. The third-order valence-corrected chi connectivity index (χ3v) is 9.61. The molecule has 0 saturated carbocycles. The summed E-state index contributed by atoms with van der Waals surface area (Å²) in [4.78, 5) is 2.34. The predicted octanol–water partition coefficient (Wildman–Crippen LogP) is 13.4. The Morgan fingerprint density at radius 1 is 0.300 bits per heavy atom. The number of para-hydroxylation sites is 2. The average molecular weight is 640 g/mol. The van der Waals surface area contributed by atoms with Crippen molar-refractivity contribution in [3.8, 4) is 39.1 Å². The molecule has 50 heavy (non-hydrogen) atoms. The predicted molar refractivity (Wildman–Crippen MR) is 213 cm³/mol. The number of aromatic nitrogens is 1. The Morgan fingerprint density at radius 3 is 1.12 bits per heavy atom. The van der Waals surface area contributed by atoms with Crippen LogP contribution in [0.15, 0.2) is 206 Å². The number of nitrogens with zero attached hydrogens (tertiary/aromatic N) is 2. The monoisotopic (exact) mass is 639 g/mol. The Morgan fingerprint density at radius 2 is 0.660 bits per heavy atom. The number of benzene rings is 8. The summed E-state index contributed by atoms with van der Waals surface area (Å²) in [7, 11) is 0. The summed E-state index contributed by atoms with van der Waals surface area (Å²) in [6.07, 6.45) is 0. The molecule has 8 aromatic carbocycles. The maximum absolute atomic E-state index is 2.38. The van der Waals surface area contributed by atoms with Gasteiger partial charge in [0, 0.05) is 33.5 Å². The van der Waals surface area contributed by atoms with Gasteiger partial charge < -0.3 is 10.9 Å². The number of rotatable bonds is 7. The van der Waals surface area contributed by atoms with Crippen LogP contribution in [0.2, 0.25) is 0 Å². The fraction of sp³-hybridized carbons (Fsp3) is 0. The largest absolute Gasteiger partial charge is 1.00 e. The second kappa shape index (κ2) is 12.8. The van der Waals surface area contributed by atoms with Crippen molar-refractivity contribution >= 4 is 38.9 Å². The first-order chi connectivity index (χ1) is 24.8. The summed E-state index contributed by atoms with van der Waals surface area (Å²) >= 11 is 0. The minimum absolute atomic E-state index is 0. The zero-order valence-electron chi connectivity index (χ0n) is 28.5. The van der Waals surface area contributed by atoms with Gasteiger partial charge in [-0.25, -0.2) is 0 Å². The fourth-order valence-electron chi connectivity index (χ4n) is 7.14. The molecule has 2 nitrogen and oxygen atoms in total. The van der Waals surface area contributed by atoms with Crippen molar-refractivity contribution in [3.05, 3.63) is 206 Å². The Labute approximate surface area is 294 Å². The molecule has 9 rings (SSSR count). The maximum atomic E-state index is 2.38. The normalized spacial score (nSPS) is 11.2. The van der Waals surface area contributed by atoms with Gasteiger partial charge in [-0.2, -0.15) is 0 Å². The molecule has 2 heteroatoms. The van der Waals surface area contributed by atoms with Crippen LogP contribution in [-0.4, -0.2) is 4.57 Å². The van der Waals surface area contributed by atoms with Crippen molar-refractivity contribution in [3.63, 3.8) is 0 Å². The van der Waals surface area contributed by atoms with E-state index in [1.54, 1.807) is 0 Å². The van der Waals surface area contributed by atoms with E-state index in [4.69, 9.17) is 0 Å². The topological polar surface area (TPSA) is 8.17 Å². The summed E-state index contributed by atoms with van der Waals surface area (Å²) in [5, 5.41) is 2.54. The molecule has 0 saturated heterocycles. The van der Waals surface area contributed by atoms with Gasteiger partial charge in [0.1, 0.15) is 0 Å². The Kier molecular flexibility index (Phi) is 7.53. The van der Waals surface area contributed by atoms with Gasteiger partial charge in [-0.15, -0.1) is 0 Å². The molecule has 0 aliphatic rings. The second-order valence-corrected chi connectivity index (χ2v) is 12.6. The Bertz CT molecular complexity index is 2420. The van der Waals surface area contributed by atoms with Crippen LogP contribution in [0.3, 0.4) is 0 Å². The van der Waals surface area contributed by atoms with E-state index in [1.807, 2.05) is 0 Å². The molecule has 1 aromatic heterocycles. The zero-order valence-corrected chi connectivity index (χ0v) is 27.5. The van der Waals surface area contributed by atoms with Gasteiger partial charge in [0.05, 0.1) is 11.0 Å². The first-order valence-electron chi connectivity index (χ1n) is 17.1. The van der Waals surface area contributed by atoms with Crippen molar-refractivity contribution < 1.29 is 1.43 Å². The van der Waals surface area contributed by atoms with Crippen LogP contribution >= 0.6 is 0 Å². The van der Waals surface area contributed by atoms with Gasteiger partial charge in [0.15, 0.2) is 0 Å². The van der Waals surface area contributed by atoms with Gasteiger partial charge in [-0.05, 0) is 94.0 Å². The van der Waals surface area contributed by atoms with Gasteiger partial charge in [-0.1, -0.05) is 146 Å². The van der Waals surface area contributed by atoms with E-state index < -0.39 is 0 Å². The second-order valence-electron chi connectivity index (χ2n) is 12.6. The molecule has 0 aliphatic heterocycles. The van der Waals surface area contributed by atoms with E-state index in [2.05, 4.69) is 216 Å². The van der Waals surface area contributed by atoms with Crippen molar-refractivity contribution in [1.82, 2.24) is 4.57 Å². The molecule has 0 amide bonds. The Balaban J connectivity index is 0.00000374. The van der Waals surface area contributed by atoms with Crippen LogP contribution in [0, 0.1) is 0 Å². The van der Waals surface area contributed by atoms with Gasteiger partial charge in [0.25, 0.3) is 0 Å². The molecule has 0 radical (unpaired) electrons. The van der Waals surface area contributed by atoms with Gasteiger partial charge in [0.2, 0.25) is 0 Å². The highest BCUT2D eigenvalue weighted by molar-refractivity contribution is 6.09. The first kappa shape index (κ1) is 29.5. The van der Waals surface area contributed by atoms with Crippen LogP contribution in [0.25, 0.3) is 60.9 Å². The van der Waals surface area contributed by atoms with E-state index in [1.165, 1.54) is 55.2 Å².